The summed E-state index contributed by atoms with van der Waals surface area (Å²) in [5.41, 5.74) is 1.56. The Balaban J connectivity index is 1.48. The number of carbonyl (C=O) groups is 1. The molecule has 6 heteroatoms. The molecule has 0 aromatic heterocycles. The first kappa shape index (κ1) is 21.7. The second-order valence-corrected chi connectivity index (χ2v) is 9.34. The third-order valence-electron chi connectivity index (χ3n) is 7.77. The van der Waals surface area contributed by atoms with Gasteiger partial charge in [-0.2, -0.15) is 0 Å². The van der Waals surface area contributed by atoms with E-state index in [-0.39, 0.29) is 17.1 Å². The number of aryl methyl sites for hydroxylation is 1. The zero-order chi connectivity index (χ0) is 21.1. The highest BCUT2D eigenvalue weighted by Gasteiger charge is 2.52. The molecule has 0 spiro atoms. The minimum Gasteiger partial charge on any atom is -0.379 e. The van der Waals surface area contributed by atoms with E-state index in [0.717, 1.165) is 82.7 Å². The Morgan fingerprint density at radius 1 is 1.27 bits per heavy atom. The number of halogens is 1. The van der Waals surface area contributed by atoms with E-state index in [9.17, 15) is 9.18 Å². The summed E-state index contributed by atoms with van der Waals surface area (Å²) in [7, 11) is 0. The Labute approximate surface area is 179 Å². The Bertz CT molecular complexity index is 752. The smallest absolute Gasteiger partial charge is 0.228 e. The summed E-state index contributed by atoms with van der Waals surface area (Å²) in [6.45, 7) is 11.1. The third-order valence-corrected chi connectivity index (χ3v) is 7.77. The van der Waals surface area contributed by atoms with Crippen molar-refractivity contribution in [3.05, 3.63) is 35.1 Å². The molecule has 5 nitrogen and oxygen atoms in total. The van der Waals surface area contributed by atoms with Crippen molar-refractivity contribution < 1.29 is 13.9 Å². The van der Waals surface area contributed by atoms with E-state index in [2.05, 4.69) is 22.0 Å². The van der Waals surface area contributed by atoms with Crippen LogP contribution in [0.15, 0.2) is 18.2 Å². The average molecular weight is 418 g/mol. The highest BCUT2D eigenvalue weighted by atomic mass is 19.1. The summed E-state index contributed by atoms with van der Waals surface area (Å²) in [4.78, 5) is 18.6. The maximum absolute atomic E-state index is 13.7. The van der Waals surface area contributed by atoms with Crippen LogP contribution in [0.3, 0.4) is 0 Å². The quantitative estimate of drug-likeness (QED) is 0.800. The van der Waals surface area contributed by atoms with Gasteiger partial charge in [-0.1, -0.05) is 13.0 Å². The van der Waals surface area contributed by atoms with Gasteiger partial charge in [0, 0.05) is 32.2 Å². The SMILES string of the molecule is CCN1CC[C@@H]2C[C@@H](N3CCOCC3)CC[C@@]2(C(=O)NCc2cc(F)ccc2C)C1. The molecule has 1 aromatic rings. The number of fused-ring (bicyclic) bond motifs is 1. The van der Waals surface area contributed by atoms with Crippen LogP contribution < -0.4 is 5.32 Å². The van der Waals surface area contributed by atoms with Crippen LogP contribution in [0.25, 0.3) is 0 Å². The van der Waals surface area contributed by atoms with Crippen LogP contribution in [0, 0.1) is 24.1 Å². The number of hydrogen-bond acceptors (Lipinski definition) is 4. The highest BCUT2D eigenvalue weighted by molar-refractivity contribution is 5.83. The fourth-order valence-electron chi connectivity index (χ4n) is 5.82. The Morgan fingerprint density at radius 2 is 2.07 bits per heavy atom. The van der Waals surface area contributed by atoms with Crippen molar-refractivity contribution in [2.45, 2.75) is 52.1 Å². The van der Waals surface area contributed by atoms with Gasteiger partial charge >= 0.3 is 0 Å². The first-order valence-electron chi connectivity index (χ1n) is 11.6. The topological polar surface area (TPSA) is 44.8 Å². The van der Waals surface area contributed by atoms with Crippen LogP contribution in [-0.2, 0) is 16.1 Å². The molecule has 0 unspecified atom stereocenters. The maximum atomic E-state index is 13.7. The summed E-state index contributed by atoms with van der Waals surface area (Å²) in [5, 5.41) is 3.20. The van der Waals surface area contributed by atoms with Gasteiger partial charge in [0.2, 0.25) is 5.91 Å². The number of hydrogen-bond donors (Lipinski definition) is 1. The molecule has 4 rings (SSSR count). The number of carbonyl (C=O) groups excluding carboxylic acids is 1. The number of nitrogens with one attached hydrogen (secondary N) is 1. The summed E-state index contributed by atoms with van der Waals surface area (Å²) in [5.74, 6) is 0.326. The van der Waals surface area contributed by atoms with Crippen LogP contribution in [0.1, 0.15) is 43.7 Å². The summed E-state index contributed by atoms with van der Waals surface area (Å²) >= 11 is 0. The van der Waals surface area contributed by atoms with Crippen molar-refractivity contribution in [1.29, 1.82) is 0 Å². The zero-order valence-corrected chi connectivity index (χ0v) is 18.5. The van der Waals surface area contributed by atoms with Crippen LogP contribution in [0.5, 0.6) is 0 Å². The number of ether oxygens (including phenoxy) is 1. The lowest BCUT2D eigenvalue weighted by Gasteiger charge is -2.53. The first-order chi connectivity index (χ1) is 14.5. The van der Waals surface area contributed by atoms with Gasteiger partial charge in [-0.3, -0.25) is 9.69 Å². The van der Waals surface area contributed by atoms with Crippen molar-refractivity contribution >= 4 is 5.91 Å². The van der Waals surface area contributed by atoms with E-state index in [1.165, 1.54) is 6.07 Å². The number of rotatable bonds is 5. The number of likely N-dealkylation sites (tertiary alicyclic amines) is 1. The van der Waals surface area contributed by atoms with Gasteiger partial charge in [0.15, 0.2) is 0 Å². The van der Waals surface area contributed by atoms with E-state index in [4.69, 9.17) is 4.74 Å². The predicted octanol–water partition coefficient (Wildman–Crippen LogP) is 2.96. The predicted molar refractivity (Wildman–Crippen MR) is 116 cm³/mol. The number of amides is 1. The number of nitrogens with zero attached hydrogens (tertiary/aromatic N) is 2. The molecular formula is C24H36FN3O2. The monoisotopic (exact) mass is 417 g/mol. The molecule has 1 N–H and O–H groups in total. The van der Waals surface area contributed by atoms with Gasteiger partial charge in [0.1, 0.15) is 5.82 Å². The summed E-state index contributed by atoms with van der Waals surface area (Å²) < 4.78 is 19.2. The largest absolute Gasteiger partial charge is 0.379 e. The van der Waals surface area contributed by atoms with Gasteiger partial charge in [-0.05, 0) is 74.9 Å². The summed E-state index contributed by atoms with van der Waals surface area (Å²) in [6, 6.07) is 5.37. The molecule has 166 valence electrons. The van der Waals surface area contributed by atoms with Gasteiger partial charge in [0.25, 0.3) is 0 Å². The number of piperidine rings is 1. The average Bonchev–Trinajstić information content (AvgIpc) is 2.79. The number of benzene rings is 1. The van der Waals surface area contributed by atoms with Crippen LogP contribution in [0.2, 0.25) is 0 Å². The molecule has 3 atom stereocenters. The third kappa shape index (κ3) is 4.41. The second-order valence-electron chi connectivity index (χ2n) is 9.34. The first-order valence-corrected chi connectivity index (χ1v) is 11.6. The van der Waals surface area contributed by atoms with Gasteiger partial charge in [0.05, 0.1) is 18.6 Å². The molecule has 1 aromatic carbocycles. The molecule has 3 aliphatic rings. The molecule has 0 radical (unpaired) electrons. The van der Waals surface area contributed by atoms with Gasteiger partial charge in [-0.15, -0.1) is 0 Å². The van der Waals surface area contributed by atoms with E-state index < -0.39 is 0 Å². The van der Waals surface area contributed by atoms with Crippen molar-refractivity contribution in [2.24, 2.45) is 11.3 Å². The lowest BCUT2D eigenvalue weighted by atomic mass is 9.61. The molecule has 30 heavy (non-hydrogen) atoms. The van der Waals surface area contributed by atoms with Crippen molar-refractivity contribution in [3.63, 3.8) is 0 Å². The van der Waals surface area contributed by atoms with E-state index in [1.807, 2.05) is 6.92 Å². The molecule has 0 bridgehead atoms. The molecule has 2 heterocycles. The van der Waals surface area contributed by atoms with E-state index in [0.29, 0.717) is 18.5 Å². The van der Waals surface area contributed by atoms with Crippen LogP contribution >= 0.6 is 0 Å². The normalized spacial score (nSPS) is 30.6. The number of morpholine rings is 1. The van der Waals surface area contributed by atoms with Gasteiger partial charge in [-0.25, -0.2) is 4.39 Å². The van der Waals surface area contributed by atoms with E-state index in [1.54, 1.807) is 12.1 Å². The van der Waals surface area contributed by atoms with Crippen LogP contribution in [0.4, 0.5) is 4.39 Å². The molecule has 3 fully saturated rings. The lowest BCUT2D eigenvalue weighted by molar-refractivity contribution is -0.145. The minimum atomic E-state index is -0.321. The highest BCUT2D eigenvalue weighted by Crippen LogP contribution is 2.48. The molecule has 2 saturated heterocycles. The maximum Gasteiger partial charge on any atom is 0.228 e. The van der Waals surface area contributed by atoms with Crippen LogP contribution in [-0.4, -0.2) is 67.7 Å². The molecule has 1 saturated carbocycles. The molecule has 1 amide bonds. The van der Waals surface area contributed by atoms with Crippen molar-refractivity contribution in [2.75, 3.05) is 45.9 Å². The summed E-state index contributed by atoms with van der Waals surface area (Å²) in [6.07, 6.45) is 4.19. The molecule has 2 aliphatic heterocycles. The lowest BCUT2D eigenvalue weighted by Crippen LogP contribution is -2.60. The zero-order valence-electron chi connectivity index (χ0n) is 18.5. The fraction of sp³-hybridized carbons (Fsp3) is 0.708. The minimum absolute atomic E-state index is 0.162. The Morgan fingerprint density at radius 3 is 2.83 bits per heavy atom. The Kier molecular flexibility index (Phi) is 6.75. The van der Waals surface area contributed by atoms with E-state index >= 15 is 0 Å². The second kappa shape index (κ2) is 9.33. The van der Waals surface area contributed by atoms with Crippen molar-refractivity contribution in [3.8, 4) is 0 Å². The fourth-order valence-corrected chi connectivity index (χ4v) is 5.82. The molecule has 1 aliphatic carbocycles. The van der Waals surface area contributed by atoms with Gasteiger partial charge < -0.3 is 15.0 Å². The van der Waals surface area contributed by atoms with Crippen molar-refractivity contribution in [1.82, 2.24) is 15.1 Å². The Hall–Kier alpha value is -1.50. The molecular weight excluding hydrogens is 381 g/mol. The standard InChI is InChI=1S/C24H36FN3O2/c1-3-27-9-7-20-15-22(28-10-12-30-13-11-28)6-8-24(20,17-27)23(29)26-16-19-14-21(25)5-4-18(19)2/h4-5,14,20,22H,3,6-13,15-17H2,1-2H3,(H,26,29)/t20-,22+,24-/m1/s1.